The zero-order valence-corrected chi connectivity index (χ0v) is 11.4. The third kappa shape index (κ3) is 2.66. The number of hydrogen-bond acceptors (Lipinski definition) is 5. The van der Waals surface area contributed by atoms with Crippen molar-refractivity contribution in [3.8, 4) is 5.75 Å². The summed E-state index contributed by atoms with van der Waals surface area (Å²) in [6.07, 6.45) is 3.41. The molecule has 1 atom stereocenters. The van der Waals surface area contributed by atoms with E-state index in [1.165, 1.54) is 0 Å². The van der Waals surface area contributed by atoms with Crippen molar-refractivity contribution < 1.29 is 4.74 Å². The number of rotatable bonds is 4. The minimum absolute atomic E-state index is 0.311. The Kier molecular flexibility index (Phi) is 4.24. The van der Waals surface area contributed by atoms with Gasteiger partial charge in [-0.2, -0.15) is 0 Å². The fraction of sp³-hybridized carbons (Fsp3) is 0.167. The highest BCUT2D eigenvalue weighted by atomic mass is 79.9. The number of nitrogens with two attached hydrogens (primary N) is 1. The molecule has 2 rings (SSSR count). The largest absolute Gasteiger partial charge is 0.495 e. The van der Waals surface area contributed by atoms with E-state index in [-0.39, 0.29) is 6.04 Å². The van der Waals surface area contributed by atoms with Crippen LogP contribution in [0.2, 0.25) is 0 Å². The highest BCUT2D eigenvalue weighted by Gasteiger charge is 2.19. The summed E-state index contributed by atoms with van der Waals surface area (Å²) in [4.78, 5) is 8.62. The third-order valence-corrected chi connectivity index (χ3v) is 2.97. The van der Waals surface area contributed by atoms with E-state index in [0.29, 0.717) is 11.4 Å². The van der Waals surface area contributed by atoms with Crippen LogP contribution in [0.1, 0.15) is 17.4 Å². The first kappa shape index (κ1) is 12.9. The standard InChI is InChI=1S/C12H13BrN4O/c1-18-10-3-2-6-15-12(10)11(17-14)9-5-4-8(13)7-16-9/h2-7,11,17H,14H2,1H3. The van der Waals surface area contributed by atoms with Crippen LogP contribution in [0.3, 0.4) is 0 Å². The van der Waals surface area contributed by atoms with E-state index in [4.69, 9.17) is 10.6 Å². The Hall–Kier alpha value is -1.50. The molecule has 6 heteroatoms. The van der Waals surface area contributed by atoms with Crippen molar-refractivity contribution in [2.45, 2.75) is 6.04 Å². The summed E-state index contributed by atoms with van der Waals surface area (Å²) in [6.45, 7) is 0. The molecule has 1 unspecified atom stereocenters. The molecule has 2 heterocycles. The van der Waals surface area contributed by atoms with E-state index in [1.807, 2.05) is 24.3 Å². The lowest BCUT2D eigenvalue weighted by Gasteiger charge is -2.17. The molecule has 0 aliphatic heterocycles. The normalized spacial score (nSPS) is 12.2. The quantitative estimate of drug-likeness (QED) is 0.665. The first-order chi connectivity index (χ1) is 8.76. The van der Waals surface area contributed by atoms with Gasteiger partial charge < -0.3 is 4.74 Å². The predicted octanol–water partition coefficient (Wildman–Crippen LogP) is 1.80. The Bertz CT molecular complexity index is 518. The molecule has 0 saturated carbocycles. The van der Waals surface area contributed by atoms with Gasteiger partial charge in [-0.05, 0) is 40.2 Å². The second-order valence-electron chi connectivity index (χ2n) is 3.59. The Morgan fingerprint density at radius 2 is 2.17 bits per heavy atom. The zero-order chi connectivity index (χ0) is 13.0. The van der Waals surface area contributed by atoms with Crippen LogP contribution in [-0.2, 0) is 0 Å². The molecular formula is C12H13BrN4O. The highest BCUT2D eigenvalue weighted by Crippen LogP contribution is 2.26. The molecule has 0 fully saturated rings. The fourth-order valence-electron chi connectivity index (χ4n) is 1.65. The average Bonchev–Trinajstić information content (AvgIpc) is 2.42. The third-order valence-electron chi connectivity index (χ3n) is 2.51. The van der Waals surface area contributed by atoms with E-state index in [2.05, 4.69) is 31.3 Å². The summed E-state index contributed by atoms with van der Waals surface area (Å²) in [6, 6.07) is 7.12. The lowest BCUT2D eigenvalue weighted by molar-refractivity contribution is 0.399. The number of hydrogen-bond donors (Lipinski definition) is 2. The fourth-order valence-corrected chi connectivity index (χ4v) is 1.89. The second kappa shape index (κ2) is 5.90. The molecule has 0 radical (unpaired) electrons. The van der Waals surface area contributed by atoms with Gasteiger partial charge >= 0.3 is 0 Å². The van der Waals surface area contributed by atoms with Gasteiger partial charge in [-0.15, -0.1) is 0 Å². The minimum atomic E-state index is -0.311. The van der Waals surface area contributed by atoms with Crippen LogP contribution in [0, 0.1) is 0 Å². The molecule has 18 heavy (non-hydrogen) atoms. The van der Waals surface area contributed by atoms with Gasteiger partial charge in [-0.1, -0.05) is 0 Å². The summed E-state index contributed by atoms with van der Waals surface area (Å²) < 4.78 is 6.19. The molecule has 0 amide bonds. The van der Waals surface area contributed by atoms with Gasteiger partial charge in [0.1, 0.15) is 17.5 Å². The first-order valence-corrected chi connectivity index (χ1v) is 6.12. The summed E-state index contributed by atoms with van der Waals surface area (Å²) in [5, 5.41) is 0. The van der Waals surface area contributed by atoms with Crippen LogP contribution in [-0.4, -0.2) is 17.1 Å². The van der Waals surface area contributed by atoms with Gasteiger partial charge in [-0.3, -0.25) is 15.8 Å². The van der Waals surface area contributed by atoms with Crippen LogP contribution in [0.25, 0.3) is 0 Å². The number of nitrogens with one attached hydrogen (secondary N) is 1. The van der Waals surface area contributed by atoms with E-state index in [0.717, 1.165) is 10.2 Å². The van der Waals surface area contributed by atoms with E-state index in [9.17, 15) is 0 Å². The molecule has 3 N–H and O–H groups in total. The van der Waals surface area contributed by atoms with Crippen molar-refractivity contribution in [3.63, 3.8) is 0 Å². The zero-order valence-electron chi connectivity index (χ0n) is 9.80. The number of aromatic nitrogens is 2. The second-order valence-corrected chi connectivity index (χ2v) is 4.51. The topological polar surface area (TPSA) is 73.1 Å². The molecular weight excluding hydrogens is 296 g/mol. The maximum absolute atomic E-state index is 5.60. The average molecular weight is 309 g/mol. The predicted molar refractivity (Wildman–Crippen MR) is 71.9 cm³/mol. The maximum atomic E-state index is 5.60. The molecule has 0 spiro atoms. The molecule has 0 saturated heterocycles. The number of hydrazine groups is 1. The summed E-state index contributed by atoms with van der Waals surface area (Å²) >= 11 is 3.35. The summed E-state index contributed by atoms with van der Waals surface area (Å²) in [5.41, 5.74) is 4.19. The van der Waals surface area contributed by atoms with Crippen molar-refractivity contribution in [1.82, 2.24) is 15.4 Å². The SMILES string of the molecule is COc1cccnc1C(NN)c1ccc(Br)cn1. The molecule has 2 aromatic heterocycles. The Morgan fingerprint density at radius 3 is 2.78 bits per heavy atom. The molecule has 94 valence electrons. The van der Waals surface area contributed by atoms with E-state index < -0.39 is 0 Å². The number of methoxy groups -OCH3 is 1. The van der Waals surface area contributed by atoms with Crippen LogP contribution >= 0.6 is 15.9 Å². The molecule has 0 aliphatic carbocycles. The molecule has 5 nitrogen and oxygen atoms in total. The number of nitrogens with zero attached hydrogens (tertiary/aromatic N) is 2. The van der Waals surface area contributed by atoms with Crippen molar-refractivity contribution in [3.05, 3.63) is 52.5 Å². The highest BCUT2D eigenvalue weighted by molar-refractivity contribution is 9.10. The molecule has 2 aromatic rings. The Balaban J connectivity index is 2.41. The Morgan fingerprint density at radius 1 is 1.33 bits per heavy atom. The number of pyridine rings is 2. The van der Waals surface area contributed by atoms with E-state index >= 15 is 0 Å². The number of halogens is 1. The van der Waals surface area contributed by atoms with Crippen LogP contribution in [0.4, 0.5) is 0 Å². The van der Waals surface area contributed by atoms with Crippen molar-refractivity contribution in [1.29, 1.82) is 0 Å². The minimum Gasteiger partial charge on any atom is -0.495 e. The van der Waals surface area contributed by atoms with Gasteiger partial charge in [0.2, 0.25) is 0 Å². The van der Waals surface area contributed by atoms with Crippen LogP contribution < -0.4 is 16.0 Å². The summed E-state index contributed by atoms with van der Waals surface area (Å²) in [5.74, 6) is 6.27. The van der Waals surface area contributed by atoms with Gasteiger partial charge in [-0.25, -0.2) is 5.43 Å². The Labute approximate surface area is 113 Å². The van der Waals surface area contributed by atoms with Crippen molar-refractivity contribution in [2.75, 3.05) is 7.11 Å². The molecule has 0 bridgehead atoms. The van der Waals surface area contributed by atoms with Crippen LogP contribution in [0.15, 0.2) is 41.1 Å². The maximum Gasteiger partial charge on any atom is 0.142 e. The lowest BCUT2D eigenvalue weighted by Crippen LogP contribution is -2.30. The van der Waals surface area contributed by atoms with Gasteiger partial charge in [0.05, 0.1) is 12.8 Å². The summed E-state index contributed by atoms with van der Waals surface area (Å²) in [7, 11) is 1.60. The smallest absolute Gasteiger partial charge is 0.142 e. The van der Waals surface area contributed by atoms with Gasteiger partial charge in [0, 0.05) is 16.9 Å². The van der Waals surface area contributed by atoms with Crippen LogP contribution in [0.5, 0.6) is 5.75 Å². The lowest BCUT2D eigenvalue weighted by atomic mass is 10.1. The van der Waals surface area contributed by atoms with Gasteiger partial charge in [0.15, 0.2) is 0 Å². The van der Waals surface area contributed by atoms with E-state index in [1.54, 1.807) is 19.5 Å². The first-order valence-electron chi connectivity index (χ1n) is 5.32. The van der Waals surface area contributed by atoms with Crippen molar-refractivity contribution in [2.24, 2.45) is 5.84 Å². The molecule has 0 aromatic carbocycles. The van der Waals surface area contributed by atoms with Crippen molar-refractivity contribution >= 4 is 15.9 Å². The molecule has 0 aliphatic rings. The monoisotopic (exact) mass is 308 g/mol. The number of ether oxygens (including phenoxy) is 1. The van der Waals surface area contributed by atoms with Gasteiger partial charge in [0.25, 0.3) is 0 Å².